The quantitative estimate of drug-likeness (QED) is 0.409. The van der Waals surface area contributed by atoms with E-state index in [0.717, 1.165) is 18.6 Å². The van der Waals surface area contributed by atoms with Crippen LogP contribution in [-0.4, -0.2) is 52.0 Å². The highest BCUT2D eigenvalue weighted by molar-refractivity contribution is 8.00. The van der Waals surface area contributed by atoms with Crippen molar-refractivity contribution in [3.63, 3.8) is 0 Å². The van der Waals surface area contributed by atoms with Crippen LogP contribution in [0.15, 0.2) is 0 Å². The molecule has 0 saturated carbocycles. The van der Waals surface area contributed by atoms with Gasteiger partial charge in [-0.05, 0) is 12.8 Å². The minimum atomic E-state index is -0.554. The Morgan fingerprint density at radius 3 is 2.65 bits per heavy atom. The first-order valence-electron chi connectivity index (χ1n) is 7.80. The zero-order valence-corrected chi connectivity index (χ0v) is 13.4. The lowest BCUT2D eigenvalue weighted by Gasteiger charge is -2.16. The number of hydroxylamine groups is 2. The van der Waals surface area contributed by atoms with Crippen molar-refractivity contribution >= 4 is 35.6 Å². The van der Waals surface area contributed by atoms with Gasteiger partial charge in [0.15, 0.2) is 0 Å². The van der Waals surface area contributed by atoms with Crippen LogP contribution in [0, 0.1) is 0 Å². The molecule has 0 spiro atoms. The van der Waals surface area contributed by atoms with Crippen LogP contribution in [0.2, 0.25) is 0 Å². The first kappa shape index (κ1) is 16.1. The number of urea groups is 1. The van der Waals surface area contributed by atoms with Crippen LogP contribution in [0.4, 0.5) is 4.79 Å². The van der Waals surface area contributed by atoms with Gasteiger partial charge in [-0.25, -0.2) is 9.59 Å². The number of thioether (sulfide) groups is 1. The van der Waals surface area contributed by atoms with Crippen LogP contribution >= 0.6 is 11.8 Å². The van der Waals surface area contributed by atoms with Gasteiger partial charge in [0.2, 0.25) is 0 Å². The second-order valence-corrected chi connectivity index (χ2v) is 7.18. The molecule has 9 heteroatoms. The molecule has 0 radical (unpaired) electrons. The number of unbranched alkanes of at least 4 members (excludes halogenated alkanes) is 1. The fraction of sp³-hybridized carbons (Fsp3) is 0.714. The summed E-state index contributed by atoms with van der Waals surface area (Å²) in [6.45, 7) is 0. The molecular formula is C14H19N3O5S. The van der Waals surface area contributed by atoms with Crippen LogP contribution in [-0.2, 0) is 19.2 Å². The van der Waals surface area contributed by atoms with Crippen molar-refractivity contribution < 1.29 is 24.0 Å². The maximum absolute atomic E-state index is 11.7. The Hall–Kier alpha value is -1.77. The summed E-state index contributed by atoms with van der Waals surface area (Å²) in [5.41, 5.74) is 0. The zero-order chi connectivity index (χ0) is 16.4. The average molecular weight is 341 g/mol. The van der Waals surface area contributed by atoms with Gasteiger partial charge < -0.3 is 15.5 Å². The largest absolute Gasteiger partial charge is 0.333 e. The Balaban J connectivity index is 1.34. The molecule has 4 amide bonds. The van der Waals surface area contributed by atoms with E-state index in [0.29, 0.717) is 16.7 Å². The number of nitrogens with zero attached hydrogens (tertiary/aromatic N) is 1. The number of rotatable bonds is 6. The summed E-state index contributed by atoms with van der Waals surface area (Å²) in [5, 5.41) is 6.76. The molecule has 3 unspecified atom stereocenters. The molecule has 3 aliphatic rings. The van der Waals surface area contributed by atoms with Gasteiger partial charge in [0.1, 0.15) is 0 Å². The molecule has 0 aliphatic carbocycles. The van der Waals surface area contributed by atoms with Crippen LogP contribution in [0.1, 0.15) is 38.5 Å². The first-order chi connectivity index (χ1) is 11.0. The fourth-order valence-electron chi connectivity index (χ4n) is 3.06. The van der Waals surface area contributed by atoms with E-state index in [1.54, 1.807) is 0 Å². The van der Waals surface area contributed by atoms with E-state index >= 15 is 0 Å². The third kappa shape index (κ3) is 3.60. The van der Waals surface area contributed by atoms with Crippen molar-refractivity contribution in [1.82, 2.24) is 15.7 Å². The SMILES string of the molecule is O=C1NC2CSC(CCCCC(=O)ON3C(=O)CCC3=O)C2N1. The fourth-order valence-corrected chi connectivity index (χ4v) is 4.61. The number of carbonyl (C=O) groups excluding carboxylic acids is 4. The van der Waals surface area contributed by atoms with E-state index in [1.165, 1.54) is 0 Å². The lowest BCUT2D eigenvalue weighted by molar-refractivity contribution is -0.197. The van der Waals surface area contributed by atoms with Gasteiger partial charge in [-0.1, -0.05) is 6.42 Å². The zero-order valence-electron chi connectivity index (χ0n) is 12.6. The van der Waals surface area contributed by atoms with Crippen molar-refractivity contribution in [3.05, 3.63) is 0 Å². The Morgan fingerprint density at radius 1 is 1.17 bits per heavy atom. The Morgan fingerprint density at radius 2 is 1.91 bits per heavy atom. The van der Waals surface area contributed by atoms with E-state index in [1.807, 2.05) is 11.8 Å². The van der Waals surface area contributed by atoms with Gasteiger partial charge in [-0.15, -0.1) is 5.06 Å². The van der Waals surface area contributed by atoms with E-state index < -0.39 is 17.8 Å². The number of imide groups is 1. The number of carbonyl (C=O) groups is 4. The summed E-state index contributed by atoms with van der Waals surface area (Å²) in [7, 11) is 0. The summed E-state index contributed by atoms with van der Waals surface area (Å²) >= 11 is 1.83. The minimum Gasteiger partial charge on any atom is -0.332 e. The first-order valence-corrected chi connectivity index (χ1v) is 8.84. The van der Waals surface area contributed by atoms with Crippen molar-refractivity contribution in [2.45, 2.75) is 55.9 Å². The highest BCUT2D eigenvalue weighted by atomic mass is 32.2. The average Bonchev–Trinajstić information content (AvgIpc) is 3.14. The highest BCUT2D eigenvalue weighted by Gasteiger charge is 2.42. The minimum absolute atomic E-state index is 0.103. The van der Waals surface area contributed by atoms with E-state index in [4.69, 9.17) is 4.84 Å². The van der Waals surface area contributed by atoms with E-state index in [-0.39, 0.29) is 37.4 Å². The molecule has 3 saturated heterocycles. The molecule has 3 heterocycles. The molecule has 23 heavy (non-hydrogen) atoms. The van der Waals surface area contributed by atoms with Crippen LogP contribution in [0.5, 0.6) is 0 Å². The second-order valence-electron chi connectivity index (χ2n) is 5.91. The van der Waals surface area contributed by atoms with E-state index in [2.05, 4.69) is 10.6 Å². The molecule has 0 aromatic rings. The lowest BCUT2D eigenvalue weighted by Crippen LogP contribution is -2.36. The van der Waals surface area contributed by atoms with Crippen LogP contribution in [0.3, 0.4) is 0 Å². The molecule has 126 valence electrons. The second kappa shape index (κ2) is 6.77. The summed E-state index contributed by atoms with van der Waals surface area (Å²) < 4.78 is 0. The van der Waals surface area contributed by atoms with Gasteiger partial charge >= 0.3 is 12.0 Å². The molecule has 3 atom stereocenters. The molecule has 3 aliphatic heterocycles. The van der Waals surface area contributed by atoms with Crippen LogP contribution in [0.25, 0.3) is 0 Å². The van der Waals surface area contributed by atoms with Crippen molar-refractivity contribution in [3.8, 4) is 0 Å². The molecule has 0 aromatic heterocycles. The molecule has 3 rings (SSSR count). The molecule has 0 bridgehead atoms. The van der Waals surface area contributed by atoms with Crippen molar-refractivity contribution in [2.24, 2.45) is 0 Å². The summed E-state index contributed by atoms with van der Waals surface area (Å²) in [6.07, 6.45) is 2.75. The highest BCUT2D eigenvalue weighted by Crippen LogP contribution is 2.33. The van der Waals surface area contributed by atoms with Crippen LogP contribution < -0.4 is 10.6 Å². The lowest BCUT2D eigenvalue weighted by atomic mass is 10.0. The standard InChI is InChI=1S/C14H19N3O5S/c18-10-5-6-11(19)17(10)22-12(20)4-2-1-3-9-13-8(7-23-9)15-14(21)16-13/h8-9,13H,1-7H2,(H2,15,16,21). The summed E-state index contributed by atoms with van der Waals surface area (Å²) in [5.74, 6) is -0.557. The van der Waals surface area contributed by atoms with Gasteiger partial charge in [-0.2, -0.15) is 11.8 Å². The number of hydrogen-bond acceptors (Lipinski definition) is 6. The summed E-state index contributed by atoms with van der Waals surface area (Å²) in [6, 6.07) is 0.266. The number of amides is 4. The number of nitrogens with one attached hydrogen (secondary N) is 2. The predicted octanol–water partition coefficient (Wildman–Crippen LogP) is 0.319. The molecule has 8 nitrogen and oxygen atoms in total. The normalized spacial score (nSPS) is 29.5. The monoisotopic (exact) mass is 341 g/mol. The number of hydrogen-bond donors (Lipinski definition) is 2. The predicted molar refractivity (Wildman–Crippen MR) is 81.1 cm³/mol. The van der Waals surface area contributed by atoms with Gasteiger partial charge in [0.25, 0.3) is 11.8 Å². The van der Waals surface area contributed by atoms with Crippen molar-refractivity contribution in [1.29, 1.82) is 0 Å². The molecule has 3 fully saturated rings. The van der Waals surface area contributed by atoms with E-state index in [9.17, 15) is 19.2 Å². The Kier molecular flexibility index (Phi) is 4.74. The smallest absolute Gasteiger partial charge is 0.332 e. The molecule has 2 N–H and O–H groups in total. The summed E-state index contributed by atoms with van der Waals surface area (Å²) in [4.78, 5) is 50.5. The maximum atomic E-state index is 11.7. The van der Waals surface area contributed by atoms with Crippen molar-refractivity contribution in [2.75, 3.05) is 5.75 Å². The number of fused-ring (bicyclic) bond motifs is 1. The Labute approximate surface area is 137 Å². The van der Waals surface area contributed by atoms with Gasteiger partial charge in [0, 0.05) is 30.3 Å². The third-order valence-corrected chi connectivity index (χ3v) is 5.77. The molecular weight excluding hydrogens is 322 g/mol. The third-order valence-electron chi connectivity index (χ3n) is 4.26. The van der Waals surface area contributed by atoms with Gasteiger partial charge in [-0.3, -0.25) is 9.59 Å². The van der Waals surface area contributed by atoms with Gasteiger partial charge in [0.05, 0.1) is 12.1 Å². The Bertz CT molecular complexity index is 525. The topological polar surface area (TPSA) is 105 Å². The maximum Gasteiger partial charge on any atom is 0.333 e. The molecule has 0 aromatic carbocycles.